The number of nitrogens with one attached hydrogen (secondary N) is 3. The van der Waals surface area contributed by atoms with Crippen molar-refractivity contribution in [3.8, 4) is 0 Å². The van der Waals surface area contributed by atoms with Crippen LogP contribution in [0.15, 0.2) is 30.5 Å². The fourth-order valence-electron chi connectivity index (χ4n) is 2.71. The van der Waals surface area contributed by atoms with Gasteiger partial charge in [0.2, 0.25) is 5.91 Å². The summed E-state index contributed by atoms with van der Waals surface area (Å²) in [7, 11) is 0. The van der Waals surface area contributed by atoms with Gasteiger partial charge in [0.15, 0.2) is 0 Å². The number of aldehydes is 1. The average molecular weight is 271 g/mol. The Kier molecular flexibility index (Phi) is 3.52. The molecule has 2 heterocycles. The molecule has 5 nitrogen and oxygen atoms in total. The van der Waals surface area contributed by atoms with Crippen LogP contribution < -0.4 is 10.6 Å². The lowest BCUT2D eigenvalue weighted by molar-refractivity contribution is -0.121. The van der Waals surface area contributed by atoms with E-state index in [-0.39, 0.29) is 18.0 Å². The van der Waals surface area contributed by atoms with Gasteiger partial charge in [-0.05, 0) is 18.1 Å². The van der Waals surface area contributed by atoms with Crippen LogP contribution in [0.3, 0.4) is 0 Å². The van der Waals surface area contributed by atoms with Crippen molar-refractivity contribution in [1.82, 2.24) is 15.6 Å². The van der Waals surface area contributed by atoms with Gasteiger partial charge >= 0.3 is 0 Å². The third-order valence-corrected chi connectivity index (χ3v) is 3.72. The van der Waals surface area contributed by atoms with Crippen LogP contribution >= 0.6 is 0 Å². The van der Waals surface area contributed by atoms with E-state index in [1.54, 1.807) is 0 Å². The Morgan fingerprint density at radius 3 is 3.05 bits per heavy atom. The monoisotopic (exact) mass is 271 g/mol. The normalized spacial score (nSPS) is 22.0. The minimum atomic E-state index is -0.131. The van der Waals surface area contributed by atoms with Gasteiger partial charge in [-0.15, -0.1) is 0 Å². The molecule has 0 radical (unpaired) electrons. The lowest BCUT2D eigenvalue weighted by Gasteiger charge is -2.11. The van der Waals surface area contributed by atoms with Gasteiger partial charge < -0.3 is 20.4 Å². The van der Waals surface area contributed by atoms with Crippen LogP contribution in [-0.2, 0) is 16.0 Å². The summed E-state index contributed by atoms with van der Waals surface area (Å²) in [5.41, 5.74) is 2.04. The van der Waals surface area contributed by atoms with Gasteiger partial charge in [0.1, 0.15) is 6.29 Å². The molecule has 0 spiro atoms. The maximum absolute atomic E-state index is 12.1. The molecule has 1 aliphatic heterocycles. The van der Waals surface area contributed by atoms with E-state index in [1.807, 2.05) is 30.5 Å². The van der Waals surface area contributed by atoms with Crippen molar-refractivity contribution in [2.75, 3.05) is 6.54 Å². The molecule has 2 aromatic rings. The van der Waals surface area contributed by atoms with E-state index in [2.05, 4.69) is 15.6 Å². The number of rotatable bonds is 4. The Bertz CT molecular complexity index is 635. The molecule has 2 atom stereocenters. The third kappa shape index (κ3) is 2.58. The van der Waals surface area contributed by atoms with Crippen molar-refractivity contribution in [3.63, 3.8) is 0 Å². The number of hydrogen-bond acceptors (Lipinski definition) is 3. The molecule has 0 bridgehead atoms. The summed E-state index contributed by atoms with van der Waals surface area (Å²) in [5.74, 6) is -0.00639. The van der Waals surface area contributed by atoms with Crippen molar-refractivity contribution in [2.45, 2.75) is 24.9 Å². The molecule has 1 saturated heterocycles. The second kappa shape index (κ2) is 5.46. The van der Waals surface area contributed by atoms with Crippen molar-refractivity contribution in [2.24, 2.45) is 0 Å². The molecule has 20 heavy (non-hydrogen) atoms. The van der Waals surface area contributed by atoms with Crippen molar-refractivity contribution in [3.05, 3.63) is 36.0 Å². The number of carbonyl (C=O) groups is 2. The van der Waals surface area contributed by atoms with Crippen LogP contribution in [0.2, 0.25) is 0 Å². The van der Waals surface area contributed by atoms with Gasteiger partial charge in [0, 0.05) is 29.7 Å². The zero-order chi connectivity index (χ0) is 13.9. The molecule has 3 N–H and O–H groups in total. The highest BCUT2D eigenvalue weighted by molar-refractivity contribution is 5.89. The lowest BCUT2D eigenvalue weighted by Crippen LogP contribution is -2.37. The van der Waals surface area contributed by atoms with Gasteiger partial charge in [-0.1, -0.05) is 18.2 Å². The first-order valence-electron chi connectivity index (χ1n) is 6.79. The number of aromatic amines is 1. The smallest absolute Gasteiger partial charge is 0.224 e. The highest BCUT2D eigenvalue weighted by Gasteiger charge is 2.24. The quantitative estimate of drug-likeness (QED) is 0.719. The predicted octanol–water partition coefficient (Wildman–Crippen LogP) is 0.756. The highest BCUT2D eigenvalue weighted by atomic mass is 16.1. The number of amides is 1. The Balaban J connectivity index is 1.63. The van der Waals surface area contributed by atoms with E-state index >= 15 is 0 Å². The van der Waals surface area contributed by atoms with Crippen LogP contribution in [0.1, 0.15) is 12.0 Å². The second-order valence-electron chi connectivity index (χ2n) is 5.19. The fraction of sp³-hybridized carbons (Fsp3) is 0.333. The molecule has 1 aromatic heterocycles. The lowest BCUT2D eigenvalue weighted by atomic mass is 10.1. The molecule has 0 aliphatic carbocycles. The summed E-state index contributed by atoms with van der Waals surface area (Å²) in [6.07, 6.45) is 3.80. The number of benzene rings is 1. The van der Waals surface area contributed by atoms with Crippen LogP contribution in [0.4, 0.5) is 0 Å². The Hall–Kier alpha value is -2.14. The summed E-state index contributed by atoms with van der Waals surface area (Å²) in [6.45, 7) is 0.656. The number of fused-ring (bicyclic) bond motifs is 1. The zero-order valence-corrected chi connectivity index (χ0v) is 11.1. The topological polar surface area (TPSA) is 74.0 Å². The zero-order valence-electron chi connectivity index (χ0n) is 11.1. The van der Waals surface area contributed by atoms with Crippen LogP contribution in [-0.4, -0.2) is 35.8 Å². The average Bonchev–Trinajstić information content (AvgIpc) is 3.06. The first-order chi connectivity index (χ1) is 9.76. The minimum absolute atomic E-state index is 0.00639. The standard InChI is InChI=1S/C15H17N3O2/c19-9-12-6-11(8-16-12)18-15(20)5-10-7-17-14-4-2-1-3-13(10)14/h1-4,7,9,11-12,16-17H,5-6,8H2,(H,18,20)/t11-,12+/m1/s1. The maximum atomic E-state index is 12.1. The Labute approximate surface area is 116 Å². The summed E-state index contributed by atoms with van der Waals surface area (Å²) >= 11 is 0. The van der Waals surface area contributed by atoms with Gasteiger partial charge in [-0.3, -0.25) is 4.79 Å². The summed E-state index contributed by atoms with van der Waals surface area (Å²) < 4.78 is 0. The molecule has 1 amide bonds. The molecular formula is C15H17N3O2. The summed E-state index contributed by atoms with van der Waals surface area (Å²) in [4.78, 5) is 25.9. The van der Waals surface area contributed by atoms with E-state index in [9.17, 15) is 9.59 Å². The third-order valence-electron chi connectivity index (χ3n) is 3.72. The van der Waals surface area contributed by atoms with Crippen molar-refractivity contribution >= 4 is 23.1 Å². The van der Waals surface area contributed by atoms with E-state index in [0.29, 0.717) is 19.4 Å². The second-order valence-corrected chi connectivity index (χ2v) is 5.19. The van der Waals surface area contributed by atoms with Gasteiger partial charge in [-0.25, -0.2) is 0 Å². The molecule has 1 aromatic carbocycles. The summed E-state index contributed by atoms with van der Waals surface area (Å²) in [5, 5.41) is 7.11. The van der Waals surface area contributed by atoms with Gasteiger partial charge in [0.05, 0.1) is 12.5 Å². The van der Waals surface area contributed by atoms with E-state index < -0.39 is 0 Å². The number of hydrogen-bond donors (Lipinski definition) is 3. The Morgan fingerprint density at radius 1 is 1.40 bits per heavy atom. The number of H-pyrrole nitrogens is 1. The largest absolute Gasteiger partial charge is 0.361 e. The molecular weight excluding hydrogens is 254 g/mol. The Morgan fingerprint density at radius 2 is 2.25 bits per heavy atom. The molecule has 0 unspecified atom stereocenters. The number of aromatic nitrogens is 1. The van der Waals surface area contributed by atoms with E-state index in [4.69, 9.17) is 0 Å². The fourth-order valence-corrected chi connectivity index (χ4v) is 2.71. The van der Waals surface area contributed by atoms with E-state index in [0.717, 1.165) is 22.8 Å². The molecule has 104 valence electrons. The van der Waals surface area contributed by atoms with Crippen LogP contribution in [0.5, 0.6) is 0 Å². The van der Waals surface area contributed by atoms with Crippen LogP contribution in [0.25, 0.3) is 10.9 Å². The molecule has 0 saturated carbocycles. The predicted molar refractivity (Wildman–Crippen MR) is 76.4 cm³/mol. The van der Waals surface area contributed by atoms with E-state index in [1.165, 1.54) is 0 Å². The van der Waals surface area contributed by atoms with Gasteiger partial charge in [-0.2, -0.15) is 0 Å². The number of carbonyl (C=O) groups excluding carboxylic acids is 2. The first kappa shape index (κ1) is 12.9. The first-order valence-corrected chi connectivity index (χ1v) is 6.79. The molecule has 1 fully saturated rings. The minimum Gasteiger partial charge on any atom is -0.361 e. The maximum Gasteiger partial charge on any atom is 0.224 e. The molecule has 3 rings (SSSR count). The number of para-hydroxylation sites is 1. The van der Waals surface area contributed by atoms with Crippen LogP contribution in [0, 0.1) is 0 Å². The highest BCUT2D eigenvalue weighted by Crippen LogP contribution is 2.18. The molecule has 1 aliphatic rings. The summed E-state index contributed by atoms with van der Waals surface area (Å²) in [6, 6.07) is 7.84. The van der Waals surface area contributed by atoms with Crippen molar-refractivity contribution < 1.29 is 9.59 Å². The van der Waals surface area contributed by atoms with Crippen molar-refractivity contribution in [1.29, 1.82) is 0 Å². The van der Waals surface area contributed by atoms with Gasteiger partial charge in [0.25, 0.3) is 0 Å². The SMILES string of the molecule is O=C[C@@H]1C[C@@H](NC(=O)Cc2c[nH]c3ccccc23)CN1. The molecule has 5 heteroatoms.